The summed E-state index contributed by atoms with van der Waals surface area (Å²) in [5.41, 5.74) is 2.12. The summed E-state index contributed by atoms with van der Waals surface area (Å²) in [6.45, 7) is 4.48. The molecule has 1 aromatic heterocycles. The summed E-state index contributed by atoms with van der Waals surface area (Å²) < 4.78 is 41.0. The molecule has 3 rings (SSSR count). The summed E-state index contributed by atoms with van der Waals surface area (Å²) in [5, 5.41) is 14.4. The maximum atomic E-state index is 13.1. The molecule has 1 amide bonds. The van der Waals surface area contributed by atoms with Crippen LogP contribution in [0.3, 0.4) is 0 Å². The molecule has 0 unspecified atom stereocenters. The van der Waals surface area contributed by atoms with Gasteiger partial charge in [-0.25, -0.2) is 0 Å². The Balaban J connectivity index is 1.60. The zero-order valence-corrected chi connectivity index (χ0v) is 18.1. The Kier molecular flexibility index (Phi) is 6.89. The van der Waals surface area contributed by atoms with Gasteiger partial charge in [-0.2, -0.15) is 13.2 Å². The van der Waals surface area contributed by atoms with Crippen molar-refractivity contribution in [2.45, 2.75) is 31.7 Å². The first kappa shape index (κ1) is 22.7. The second-order valence-corrected chi connectivity index (χ2v) is 7.90. The van der Waals surface area contributed by atoms with Gasteiger partial charge in [0.1, 0.15) is 0 Å². The molecule has 0 atom stereocenters. The molecule has 3 aromatic rings. The average molecular weight is 450 g/mol. The van der Waals surface area contributed by atoms with Gasteiger partial charge in [0.05, 0.1) is 23.5 Å². The summed E-state index contributed by atoms with van der Waals surface area (Å²) in [6.07, 6.45) is -4.54. The lowest BCUT2D eigenvalue weighted by Crippen LogP contribution is -2.18. The van der Waals surface area contributed by atoms with E-state index in [0.717, 1.165) is 34.6 Å². The number of rotatable bonds is 7. The topological polar surface area (TPSA) is 71.8 Å². The van der Waals surface area contributed by atoms with E-state index in [0.29, 0.717) is 17.5 Å². The van der Waals surface area contributed by atoms with E-state index >= 15 is 0 Å². The van der Waals surface area contributed by atoms with E-state index in [2.05, 4.69) is 20.8 Å². The lowest BCUT2D eigenvalue weighted by atomic mass is 10.1. The van der Waals surface area contributed by atoms with E-state index in [1.54, 1.807) is 11.6 Å². The zero-order valence-electron chi connectivity index (χ0n) is 17.2. The highest BCUT2D eigenvalue weighted by molar-refractivity contribution is 7.99. The number of carbonyl (C=O) groups excluding carboxylic acids is 1. The summed E-state index contributed by atoms with van der Waals surface area (Å²) in [7, 11) is 1.78. The number of nitrogens with one attached hydrogen (secondary N) is 2. The van der Waals surface area contributed by atoms with Crippen molar-refractivity contribution in [2.24, 2.45) is 7.05 Å². The van der Waals surface area contributed by atoms with Crippen molar-refractivity contribution < 1.29 is 18.0 Å². The van der Waals surface area contributed by atoms with Crippen molar-refractivity contribution in [2.75, 3.05) is 16.4 Å². The maximum absolute atomic E-state index is 13.1. The van der Waals surface area contributed by atoms with Gasteiger partial charge in [0.25, 0.3) is 0 Å². The molecule has 0 spiro atoms. The minimum Gasteiger partial charge on any atom is -0.377 e. The molecule has 0 saturated carbocycles. The number of hydrogen-bond acceptors (Lipinski definition) is 5. The number of anilines is 2. The van der Waals surface area contributed by atoms with Crippen LogP contribution < -0.4 is 10.6 Å². The molecule has 0 aliphatic rings. The van der Waals surface area contributed by atoms with Gasteiger partial charge in [-0.15, -0.1) is 10.2 Å². The first-order valence-electron chi connectivity index (χ1n) is 9.44. The molecular weight excluding hydrogens is 427 g/mol. The minimum absolute atomic E-state index is 0.0947. The third-order valence-corrected chi connectivity index (χ3v) is 5.69. The Morgan fingerprint density at radius 1 is 1.06 bits per heavy atom. The van der Waals surface area contributed by atoms with Crippen LogP contribution in [0, 0.1) is 13.8 Å². The number of carbonyl (C=O) groups is 1. The van der Waals surface area contributed by atoms with Crippen molar-refractivity contribution in [3.8, 4) is 0 Å². The van der Waals surface area contributed by atoms with Crippen LogP contribution in [-0.2, 0) is 24.6 Å². The van der Waals surface area contributed by atoms with Gasteiger partial charge in [-0.1, -0.05) is 42.1 Å². The van der Waals surface area contributed by atoms with E-state index < -0.39 is 17.6 Å². The van der Waals surface area contributed by atoms with Gasteiger partial charge < -0.3 is 15.2 Å². The summed E-state index contributed by atoms with van der Waals surface area (Å²) in [5.74, 6) is 0.0237. The van der Waals surface area contributed by atoms with Gasteiger partial charge in [-0.3, -0.25) is 4.79 Å². The third kappa shape index (κ3) is 5.57. The number of hydrogen-bond donors (Lipinski definition) is 2. The van der Waals surface area contributed by atoms with Crippen LogP contribution in [0.4, 0.5) is 24.5 Å². The maximum Gasteiger partial charge on any atom is 0.418 e. The zero-order chi connectivity index (χ0) is 22.6. The van der Waals surface area contributed by atoms with Crippen LogP contribution >= 0.6 is 11.8 Å². The van der Waals surface area contributed by atoms with Gasteiger partial charge in [0, 0.05) is 12.7 Å². The fourth-order valence-corrected chi connectivity index (χ4v) is 3.77. The lowest BCUT2D eigenvalue weighted by molar-refractivity contribution is -0.137. The van der Waals surface area contributed by atoms with E-state index in [1.165, 1.54) is 18.2 Å². The SMILES string of the molecule is Cc1cccc(C)c1NCc1nnc(SCC(=O)Nc2ccccc2C(F)(F)F)n1C. The Morgan fingerprint density at radius 3 is 2.42 bits per heavy atom. The standard InChI is InChI=1S/C21H22F3N5OS/c1-13-7-6-8-14(2)19(13)25-11-17-27-28-20(29(17)3)31-12-18(30)26-16-10-5-4-9-15(16)21(22,23)24/h4-10,25H,11-12H2,1-3H3,(H,26,30). The summed E-state index contributed by atoms with van der Waals surface area (Å²) in [4.78, 5) is 12.2. The highest BCUT2D eigenvalue weighted by Crippen LogP contribution is 2.34. The first-order valence-corrected chi connectivity index (χ1v) is 10.4. The number of alkyl halides is 3. The largest absolute Gasteiger partial charge is 0.418 e. The Labute approximate surface area is 182 Å². The quantitative estimate of drug-likeness (QED) is 0.508. The Morgan fingerprint density at radius 2 is 1.74 bits per heavy atom. The number of thioether (sulfide) groups is 1. The Hall–Kier alpha value is -3.01. The first-order chi connectivity index (χ1) is 14.7. The van der Waals surface area contributed by atoms with E-state index in [1.807, 2.05) is 32.0 Å². The molecule has 164 valence electrons. The monoisotopic (exact) mass is 449 g/mol. The molecule has 2 N–H and O–H groups in total. The average Bonchev–Trinajstić information content (AvgIpc) is 3.05. The number of aryl methyl sites for hydroxylation is 2. The molecule has 0 radical (unpaired) electrons. The van der Waals surface area contributed by atoms with Gasteiger partial charge in [-0.05, 0) is 37.1 Å². The van der Waals surface area contributed by atoms with Crippen LogP contribution in [0.25, 0.3) is 0 Å². The second-order valence-electron chi connectivity index (χ2n) is 6.96. The fraction of sp³-hybridized carbons (Fsp3) is 0.286. The molecule has 31 heavy (non-hydrogen) atoms. The molecule has 0 bridgehead atoms. The second kappa shape index (κ2) is 9.42. The van der Waals surface area contributed by atoms with Crippen molar-refractivity contribution >= 4 is 29.0 Å². The lowest BCUT2D eigenvalue weighted by Gasteiger charge is -2.13. The third-order valence-electron chi connectivity index (χ3n) is 4.67. The highest BCUT2D eigenvalue weighted by Gasteiger charge is 2.33. The van der Waals surface area contributed by atoms with Crippen LogP contribution in [0.2, 0.25) is 0 Å². The normalized spacial score (nSPS) is 11.4. The number of para-hydroxylation sites is 2. The number of amides is 1. The van der Waals surface area contributed by atoms with Crippen molar-refractivity contribution in [3.63, 3.8) is 0 Å². The van der Waals surface area contributed by atoms with E-state index in [4.69, 9.17) is 0 Å². The van der Waals surface area contributed by atoms with Crippen molar-refractivity contribution in [3.05, 3.63) is 65.0 Å². The Bertz CT molecular complexity index is 1060. The molecule has 6 nitrogen and oxygen atoms in total. The van der Waals surface area contributed by atoms with Crippen LogP contribution in [0.15, 0.2) is 47.6 Å². The molecule has 0 saturated heterocycles. The van der Waals surface area contributed by atoms with E-state index in [9.17, 15) is 18.0 Å². The summed E-state index contributed by atoms with van der Waals surface area (Å²) >= 11 is 1.10. The summed E-state index contributed by atoms with van der Waals surface area (Å²) in [6, 6.07) is 10.9. The van der Waals surface area contributed by atoms with Gasteiger partial charge in [0.15, 0.2) is 11.0 Å². The van der Waals surface area contributed by atoms with E-state index in [-0.39, 0.29) is 11.4 Å². The van der Waals surface area contributed by atoms with Crippen molar-refractivity contribution in [1.29, 1.82) is 0 Å². The number of benzene rings is 2. The minimum atomic E-state index is -4.54. The molecule has 0 aliphatic heterocycles. The number of nitrogens with zero attached hydrogens (tertiary/aromatic N) is 3. The molecular formula is C21H22F3N5OS. The predicted molar refractivity (Wildman–Crippen MR) is 115 cm³/mol. The van der Waals surface area contributed by atoms with Crippen LogP contribution in [-0.4, -0.2) is 26.4 Å². The van der Waals surface area contributed by atoms with Gasteiger partial charge >= 0.3 is 6.18 Å². The molecule has 10 heteroatoms. The van der Waals surface area contributed by atoms with Crippen molar-refractivity contribution in [1.82, 2.24) is 14.8 Å². The van der Waals surface area contributed by atoms with Crippen LogP contribution in [0.1, 0.15) is 22.5 Å². The highest BCUT2D eigenvalue weighted by atomic mass is 32.2. The molecule has 0 fully saturated rings. The molecule has 2 aromatic carbocycles. The van der Waals surface area contributed by atoms with Gasteiger partial charge in [0.2, 0.25) is 5.91 Å². The van der Waals surface area contributed by atoms with Crippen LogP contribution in [0.5, 0.6) is 0 Å². The molecule has 1 heterocycles. The number of halogens is 3. The smallest absolute Gasteiger partial charge is 0.377 e. The fourth-order valence-electron chi connectivity index (χ4n) is 3.04. The predicted octanol–water partition coefficient (Wildman–Crippen LogP) is 4.79. The number of aromatic nitrogens is 3. The molecule has 0 aliphatic carbocycles.